The van der Waals surface area contributed by atoms with Crippen LogP contribution in [0.15, 0.2) is 206 Å². The topological polar surface area (TPSA) is 43.6 Å². The van der Waals surface area contributed by atoms with Gasteiger partial charge in [0.1, 0.15) is 0 Å². The van der Waals surface area contributed by atoms with E-state index in [9.17, 15) is 2.74 Å². The minimum Gasteiger partial charge on any atom is -0.309 e. The standard InChI is InChI=1S/C51H34N4/c1-4-16-35(17-5-1)36-28-30-39(31-29-36)50-52-49(38-20-8-3-9-21-38)53-51(54-50)45-34-40(42-23-11-10-22-41(42)37-18-6-2-7-19-37)32-33-48(45)55-46-26-14-12-24-43(46)44-25-13-15-27-47(44)55/h1-34H/i12D,13D,14D,15D,24D,25D,26D,27D. The Morgan fingerprint density at radius 3 is 1.36 bits per heavy atom. The average molecular weight is 711 g/mol. The summed E-state index contributed by atoms with van der Waals surface area (Å²) in [6.45, 7) is 0. The Hall–Kier alpha value is -7.43. The van der Waals surface area contributed by atoms with Gasteiger partial charge in [0.15, 0.2) is 17.5 Å². The summed E-state index contributed by atoms with van der Waals surface area (Å²) in [6.07, 6.45) is 0. The molecule has 0 N–H and O–H groups in total. The van der Waals surface area contributed by atoms with Gasteiger partial charge in [0.05, 0.1) is 27.7 Å². The molecule has 0 aliphatic carbocycles. The van der Waals surface area contributed by atoms with Crippen molar-refractivity contribution in [3.63, 3.8) is 0 Å². The number of fused-ring (bicyclic) bond motifs is 3. The average Bonchev–Trinajstić information content (AvgIpc) is 3.71. The van der Waals surface area contributed by atoms with Crippen LogP contribution >= 0.6 is 0 Å². The molecule has 0 bridgehead atoms. The van der Waals surface area contributed by atoms with Crippen LogP contribution < -0.4 is 0 Å². The first-order valence-electron chi connectivity index (χ1n) is 21.9. The van der Waals surface area contributed by atoms with Gasteiger partial charge in [0.25, 0.3) is 0 Å². The quantitative estimate of drug-likeness (QED) is 0.165. The van der Waals surface area contributed by atoms with Gasteiger partial charge in [0, 0.05) is 27.5 Å². The third-order valence-electron chi connectivity index (χ3n) is 9.75. The van der Waals surface area contributed by atoms with Gasteiger partial charge in [-0.1, -0.05) is 182 Å². The second-order valence-electron chi connectivity index (χ2n) is 13.0. The molecule has 2 aromatic heterocycles. The molecule has 258 valence electrons. The fourth-order valence-electron chi connectivity index (χ4n) is 7.13. The van der Waals surface area contributed by atoms with E-state index in [0.29, 0.717) is 22.9 Å². The first-order chi connectivity index (χ1) is 30.6. The van der Waals surface area contributed by atoms with Crippen LogP contribution in [-0.4, -0.2) is 19.5 Å². The van der Waals surface area contributed by atoms with Crippen molar-refractivity contribution in [3.8, 4) is 73.2 Å². The van der Waals surface area contributed by atoms with Crippen molar-refractivity contribution in [2.45, 2.75) is 0 Å². The molecular formula is C51H34N4. The molecule has 0 saturated heterocycles. The Morgan fingerprint density at radius 1 is 0.345 bits per heavy atom. The number of hydrogen-bond acceptors (Lipinski definition) is 3. The molecule has 0 amide bonds. The molecular weight excluding hydrogens is 669 g/mol. The largest absolute Gasteiger partial charge is 0.309 e. The monoisotopic (exact) mass is 710 g/mol. The summed E-state index contributed by atoms with van der Waals surface area (Å²) in [6, 6.07) is 47.5. The van der Waals surface area contributed by atoms with Gasteiger partial charge in [-0.05, 0) is 57.6 Å². The number of benzene rings is 8. The van der Waals surface area contributed by atoms with Crippen molar-refractivity contribution in [2.75, 3.05) is 0 Å². The lowest BCUT2D eigenvalue weighted by Crippen LogP contribution is -2.04. The Kier molecular flexibility index (Phi) is 6.23. The minimum absolute atomic E-state index is 0.00394. The summed E-state index contributed by atoms with van der Waals surface area (Å²) >= 11 is 0. The SMILES string of the molecule is [2H]c1c([2H])c([2H])c2c(c1[2H])c1c([2H])c([2H])c([2H])c([2H])c1n2-c1ccc(-c2ccccc2-c2ccccc2)cc1-c1nc(-c2ccccc2)nc(-c2ccc(-c3ccccc3)cc2)n1. The van der Waals surface area contributed by atoms with Crippen LogP contribution in [0, 0.1) is 0 Å². The smallest absolute Gasteiger partial charge is 0.166 e. The second-order valence-corrected chi connectivity index (χ2v) is 13.0. The summed E-state index contributed by atoms with van der Waals surface area (Å²) in [5.74, 6) is 0.997. The summed E-state index contributed by atoms with van der Waals surface area (Å²) in [5, 5.41) is -0.0421. The molecule has 10 rings (SSSR count). The number of aromatic nitrogens is 4. The van der Waals surface area contributed by atoms with E-state index in [1.54, 1.807) is 6.07 Å². The fourth-order valence-corrected chi connectivity index (χ4v) is 7.13. The molecule has 0 atom stereocenters. The molecule has 0 spiro atoms. The minimum atomic E-state index is -0.514. The third-order valence-corrected chi connectivity index (χ3v) is 9.75. The molecule has 0 fully saturated rings. The number of para-hydroxylation sites is 2. The number of rotatable bonds is 7. The van der Waals surface area contributed by atoms with Crippen LogP contribution in [0.25, 0.3) is 95.0 Å². The third kappa shape index (κ3) is 5.96. The first-order valence-corrected chi connectivity index (χ1v) is 17.9. The molecule has 0 radical (unpaired) electrons. The molecule has 0 aliphatic heterocycles. The molecule has 55 heavy (non-hydrogen) atoms. The van der Waals surface area contributed by atoms with Crippen molar-refractivity contribution in [1.29, 1.82) is 0 Å². The molecule has 8 aromatic carbocycles. The molecule has 2 heterocycles. The zero-order valence-electron chi connectivity index (χ0n) is 37.3. The predicted octanol–water partition coefficient (Wildman–Crippen LogP) is 13.0. The van der Waals surface area contributed by atoms with E-state index < -0.39 is 48.3 Å². The van der Waals surface area contributed by atoms with E-state index in [0.717, 1.165) is 44.5 Å². The fraction of sp³-hybridized carbons (Fsp3) is 0. The van der Waals surface area contributed by atoms with Crippen molar-refractivity contribution >= 4 is 21.8 Å². The summed E-state index contributed by atoms with van der Waals surface area (Å²) in [7, 11) is 0. The van der Waals surface area contributed by atoms with E-state index in [2.05, 4.69) is 0 Å². The summed E-state index contributed by atoms with van der Waals surface area (Å²) in [5.41, 5.74) is 7.94. The summed E-state index contributed by atoms with van der Waals surface area (Å²) < 4.78 is 73.0. The van der Waals surface area contributed by atoms with Crippen molar-refractivity contribution in [3.05, 3.63) is 206 Å². The van der Waals surface area contributed by atoms with Crippen molar-refractivity contribution in [1.82, 2.24) is 19.5 Å². The first kappa shape index (κ1) is 24.7. The highest BCUT2D eigenvalue weighted by molar-refractivity contribution is 6.09. The zero-order valence-corrected chi connectivity index (χ0v) is 29.3. The van der Waals surface area contributed by atoms with Crippen LogP contribution in [0.4, 0.5) is 0 Å². The van der Waals surface area contributed by atoms with Crippen LogP contribution in [0.1, 0.15) is 11.0 Å². The van der Waals surface area contributed by atoms with Gasteiger partial charge >= 0.3 is 0 Å². The van der Waals surface area contributed by atoms with Gasteiger partial charge in [-0.25, -0.2) is 15.0 Å². The van der Waals surface area contributed by atoms with Crippen molar-refractivity contribution < 1.29 is 11.0 Å². The van der Waals surface area contributed by atoms with E-state index in [1.807, 2.05) is 152 Å². The number of hydrogen-bond donors (Lipinski definition) is 0. The van der Waals surface area contributed by atoms with E-state index in [4.69, 9.17) is 23.2 Å². The highest BCUT2D eigenvalue weighted by Gasteiger charge is 2.21. The van der Waals surface area contributed by atoms with Crippen LogP contribution in [0.2, 0.25) is 0 Å². The second kappa shape index (κ2) is 13.8. The van der Waals surface area contributed by atoms with Gasteiger partial charge in [-0.3, -0.25) is 0 Å². The Bertz CT molecular complexity index is 3340. The lowest BCUT2D eigenvalue weighted by Gasteiger charge is -2.17. The molecule has 0 unspecified atom stereocenters. The van der Waals surface area contributed by atoms with Crippen LogP contribution in [0.5, 0.6) is 0 Å². The molecule has 4 nitrogen and oxygen atoms in total. The lowest BCUT2D eigenvalue weighted by molar-refractivity contribution is 1.06. The summed E-state index contributed by atoms with van der Waals surface area (Å²) in [4.78, 5) is 15.3. The highest BCUT2D eigenvalue weighted by atomic mass is 15.1. The molecule has 0 saturated carbocycles. The molecule has 10 aromatic rings. The van der Waals surface area contributed by atoms with E-state index in [-0.39, 0.29) is 27.6 Å². The van der Waals surface area contributed by atoms with E-state index in [1.165, 1.54) is 4.57 Å². The van der Waals surface area contributed by atoms with Gasteiger partial charge in [0.2, 0.25) is 0 Å². The predicted molar refractivity (Wildman–Crippen MR) is 227 cm³/mol. The van der Waals surface area contributed by atoms with Gasteiger partial charge in [-0.2, -0.15) is 0 Å². The lowest BCUT2D eigenvalue weighted by atomic mass is 9.93. The van der Waals surface area contributed by atoms with Crippen LogP contribution in [0.3, 0.4) is 0 Å². The van der Waals surface area contributed by atoms with Gasteiger partial charge < -0.3 is 4.57 Å². The Morgan fingerprint density at radius 2 is 0.764 bits per heavy atom. The van der Waals surface area contributed by atoms with Crippen molar-refractivity contribution in [2.24, 2.45) is 0 Å². The normalized spacial score (nSPS) is 13.3. The van der Waals surface area contributed by atoms with Gasteiger partial charge in [-0.15, -0.1) is 0 Å². The Labute approximate surface area is 331 Å². The maximum Gasteiger partial charge on any atom is 0.166 e. The Balaban J connectivity index is 1.32. The number of nitrogens with zero attached hydrogens (tertiary/aromatic N) is 4. The van der Waals surface area contributed by atoms with E-state index >= 15 is 0 Å². The maximum absolute atomic E-state index is 9.28. The maximum atomic E-state index is 9.28. The molecule has 0 aliphatic rings. The van der Waals surface area contributed by atoms with Crippen LogP contribution in [-0.2, 0) is 0 Å². The highest BCUT2D eigenvalue weighted by Crippen LogP contribution is 2.40. The molecule has 4 heteroatoms. The zero-order chi connectivity index (χ0) is 43.5.